The number of rotatable bonds is 2. The van der Waals surface area contributed by atoms with E-state index >= 15 is 0 Å². The smallest absolute Gasteiger partial charge is 0.410 e. The first-order valence-electron chi connectivity index (χ1n) is 9.88. The summed E-state index contributed by atoms with van der Waals surface area (Å²) in [5, 5.41) is 4.32. The number of fused-ring (bicyclic) bond motifs is 1. The van der Waals surface area contributed by atoms with Crippen molar-refractivity contribution in [2.24, 2.45) is 0 Å². The van der Waals surface area contributed by atoms with Crippen LogP contribution < -0.4 is 0 Å². The summed E-state index contributed by atoms with van der Waals surface area (Å²) >= 11 is 0. The molecule has 0 radical (unpaired) electrons. The number of likely N-dealkylation sites (tertiary alicyclic amines) is 1. The Balaban J connectivity index is 1.61. The van der Waals surface area contributed by atoms with Gasteiger partial charge in [0.2, 0.25) is 0 Å². The Morgan fingerprint density at radius 1 is 1.28 bits per heavy atom. The minimum Gasteiger partial charge on any atom is -0.444 e. The fourth-order valence-electron chi connectivity index (χ4n) is 3.71. The minimum atomic E-state index is -0.544. The second-order valence-corrected chi connectivity index (χ2v) is 8.45. The normalized spacial score (nSPS) is 17.5. The van der Waals surface area contributed by atoms with Crippen LogP contribution in [0.5, 0.6) is 0 Å². The van der Waals surface area contributed by atoms with Crippen LogP contribution in [-0.2, 0) is 4.74 Å². The number of carbonyl (C=O) groups excluding carboxylic acids is 1. The van der Waals surface area contributed by atoms with Crippen LogP contribution >= 0.6 is 0 Å². The van der Waals surface area contributed by atoms with Gasteiger partial charge in [0.15, 0.2) is 0 Å². The van der Waals surface area contributed by atoms with Gasteiger partial charge in [-0.1, -0.05) is 6.07 Å². The lowest BCUT2D eigenvalue weighted by atomic mass is 9.94. The molecule has 4 rings (SSSR count). The third-order valence-electron chi connectivity index (χ3n) is 5.00. The largest absolute Gasteiger partial charge is 0.444 e. The molecule has 1 aliphatic heterocycles. The second kappa shape index (κ2) is 7.46. The van der Waals surface area contributed by atoms with Gasteiger partial charge in [-0.2, -0.15) is 5.10 Å². The SMILES string of the molecule is CC(C)(C)OC(=O)N1CCCC(c2cc(F)cc(-c3cnn4ccccc34)n2)C1. The lowest BCUT2D eigenvalue weighted by Gasteiger charge is -2.34. The highest BCUT2D eigenvalue weighted by Gasteiger charge is 2.29. The summed E-state index contributed by atoms with van der Waals surface area (Å²) in [5.74, 6) is -0.373. The molecule has 1 saturated heterocycles. The molecule has 152 valence electrons. The number of aromatic nitrogens is 3. The maximum absolute atomic E-state index is 14.5. The first kappa shape index (κ1) is 19.4. The van der Waals surface area contributed by atoms with E-state index in [0.29, 0.717) is 24.5 Å². The molecule has 1 unspecified atom stereocenters. The van der Waals surface area contributed by atoms with Crippen molar-refractivity contribution >= 4 is 11.6 Å². The molecule has 0 aliphatic carbocycles. The predicted molar refractivity (Wildman–Crippen MR) is 108 cm³/mol. The van der Waals surface area contributed by atoms with E-state index in [0.717, 1.165) is 23.9 Å². The number of carbonyl (C=O) groups is 1. The molecule has 0 N–H and O–H groups in total. The highest BCUT2D eigenvalue weighted by Crippen LogP contribution is 2.30. The van der Waals surface area contributed by atoms with Gasteiger partial charge >= 0.3 is 6.09 Å². The molecule has 7 heteroatoms. The van der Waals surface area contributed by atoms with Crippen LogP contribution in [0.2, 0.25) is 0 Å². The van der Waals surface area contributed by atoms with E-state index in [2.05, 4.69) is 5.10 Å². The molecular weight excluding hydrogens is 371 g/mol. The quantitative estimate of drug-likeness (QED) is 0.633. The molecule has 29 heavy (non-hydrogen) atoms. The fraction of sp³-hybridized carbons (Fsp3) is 0.409. The fourth-order valence-corrected chi connectivity index (χ4v) is 3.71. The second-order valence-electron chi connectivity index (χ2n) is 8.45. The summed E-state index contributed by atoms with van der Waals surface area (Å²) in [6.07, 6.45) is 4.90. The lowest BCUT2D eigenvalue weighted by Crippen LogP contribution is -2.42. The predicted octanol–water partition coefficient (Wildman–Crippen LogP) is 4.65. The Kier molecular flexibility index (Phi) is 4.98. The van der Waals surface area contributed by atoms with Crippen LogP contribution in [0.1, 0.15) is 45.2 Å². The van der Waals surface area contributed by atoms with Gasteiger partial charge in [0.1, 0.15) is 11.4 Å². The van der Waals surface area contributed by atoms with E-state index in [4.69, 9.17) is 9.72 Å². The highest BCUT2D eigenvalue weighted by molar-refractivity contribution is 5.77. The van der Waals surface area contributed by atoms with Crippen LogP contribution in [0.3, 0.4) is 0 Å². The lowest BCUT2D eigenvalue weighted by molar-refractivity contribution is 0.0197. The number of amides is 1. The average molecular weight is 396 g/mol. The van der Waals surface area contributed by atoms with Gasteiger partial charge in [-0.15, -0.1) is 0 Å². The zero-order valence-electron chi connectivity index (χ0n) is 16.9. The van der Waals surface area contributed by atoms with Gasteiger partial charge in [0.25, 0.3) is 0 Å². The van der Waals surface area contributed by atoms with Gasteiger partial charge in [-0.3, -0.25) is 4.98 Å². The van der Waals surface area contributed by atoms with Gasteiger partial charge in [0.05, 0.1) is 17.4 Å². The third-order valence-corrected chi connectivity index (χ3v) is 5.00. The minimum absolute atomic E-state index is 0.0347. The number of piperidine rings is 1. The van der Waals surface area contributed by atoms with Crippen molar-refractivity contribution in [3.63, 3.8) is 0 Å². The van der Waals surface area contributed by atoms with Gasteiger partial charge in [0, 0.05) is 42.5 Å². The van der Waals surface area contributed by atoms with E-state index in [1.807, 2.05) is 45.2 Å². The van der Waals surface area contributed by atoms with Crippen molar-refractivity contribution in [3.8, 4) is 11.3 Å². The van der Waals surface area contributed by atoms with E-state index in [9.17, 15) is 9.18 Å². The van der Waals surface area contributed by atoms with Crippen molar-refractivity contribution in [2.45, 2.75) is 45.1 Å². The standard InChI is InChI=1S/C22H25FN4O2/c1-22(2,3)29-21(28)26-9-6-7-15(14-26)18-11-16(23)12-19(25-18)17-13-24-27-10-5-4-8-20(17)27/h4-5,8,10-13,15H,6-7,9,14H2,1-3H3. The topological polar surface area (TPSA) is 59.7 Å². The molecule has 1 atom stereocenters. The summed E-state index contributed by atoms with van der Waals surface area (Å²) < 4.78 is 21.7. The summed E-state index contributed by atoms with van der Waals surface area (Å²) in [7, 11) is 0. The molecular formula is C22H25FN4O2. The Bertz CT molecular complexity index is 1040. The Labute approximate surface area is 169 Å². The van der Waals surface area contributed by atoms with Crippen molar-refractivity contribution in [2.75, 3.05) is 13.1 Å². The van der Waals surface area contributed by atoms with E-state index in [-0.39, 0.29) is 17.8 Å². The molecule has 1 amide bonds. The Morgan fingerprint density at radius 2 is 2.10 bits per heavy atom. The van der Waals surface area contributed by atoms with Gasteiger partial charge in [-0.25, -0.2) is 13.7 Å². The molecule has 0 bridgehead atoms. The van der Waals surface area contributed by atoms with Gasteiger partial charge < -0.3 is 9.64 Å². The molecule has 0 spiro atoms. The summed E-state index contributed by atoms with van der Waals surface area (Å²) in [5.41, 5.74) is 2.32. The van der Waals surface area contributed by atoms with Gasteiger partial charge in [-0.05, 0) is 51.8 Å². The summed E-state index contributed by atoms with van der Waals surface area (Å²) in [6, 6.07) is 8.64. The van der Waals surface area contributed by atoms with Crippen molar-refractivity contribution in [1.82, 2.24) is 19.5 Å². The van der Waals surface area contributed by atoms with Crippen molar-refractivity contribution in [3.05, 3.63) is 54.2 Å². The van der Waals surface area contributed by atoms with Crippen LogP contribution in [0.25, 0.3) is 16.8 Å². The zero-order valence-corrected chi connectivity index (χ0v) is 16.9. The summed E-state index contributed by atoms with van der Waals surface area (Å²) in [4.78, 5) is 18.9. The van der Waals surface area contributed by atoms with Crippen LogP contribution in [-0.4, -0.2) is 44.3 Å². The first-order chi connectivity index (χ1) is 13.8. The average Bonchev–Trinajstić information content (AvgIpc) is 3.10. The van der Waals surface area contributed by atoms with E-state index in [1.165, 1.54) is 12.1 Å². The van der Waals surface area contributed by atoms with Crippen molar-refractivity contribution < 1.29 is 13.9 Å². The van der Waals surface area contributed by atoms with E-state index in [1.54, 1.807) is 15.6 Å². The number of halogens is 1. The summed E-state index contributed by atoms with van der Waals surface area (Å²) in [6.45, 7) is 6.66. The molecule has 1 fully saturated rings. The molecule has 1 aliphatic rings. The maximum Gasteiger partial charge on any atom is 0.410 e. The molecule has 3 aromatic rings. The Hall–Kier alpha value is -2.96. The maximum atomic E-state index is 14.5. The van der Waals surface area contributed by atoms with Crippen molar-refractivity contribution in [1.29, 1.82) is 0 Å². The van der Waals surface area contributed by atoms with Crippen LogP contribution in [0.4, 0.5) is 9.18 Å². The van der Waals surface area contributed by atoms with Crippen LogP contribution in [0.15, 0.2) is 42.7 Å². The molecule has 6 nitrogen and oxygen atoms in total. The number of hydrogen-bond donors (Lipinski definition) is 0. The van der Waals surface area contributed by atoms with E-state index < -0.39 is 5.60 Å². The number of ether oxygens (including phenoxy) is 1. The molecule has 4 heterocycles. The first-order valence-corrected chi connectivity index (χ1v) is 9.88. The number of hydrogen-bond acceptors (Lipinski definition) is 4. The molecule has 3 aromatic heterocycles. The molecule has 0 aromatic carbocycles. The zero-order chi connectivity index (χ0) is 20.6. The monoisotopic (exact) mass is 396 g/mol. The Morgan fingerprint density at radius 3 is 2.90 bits per heavy atom. The molecule has 0 saturated carbocycles. The number of pyridine rings is 2. The third kappa shape index (κ3) is 4.23. The van der Waals surface area contributed by atoms with Crippen LogP contribution in [0, 0.1) is 5.82 Å². The number of nitrogens with zero attached hydrogens (tertiary/aromatic N) is 4. The highest BCUT2D eigenvalue weighted by atomic mass is 19.1.